The molecule has 0 spiro atoms. The van der Waals surface area contributed by atoms with Gasteiger partial charge in [0.1, 0.15) is 0 Å². The van der Waals surface area contributed by atoms with Crippen LogP contribution in [-0.4, -0.2) is 5.78 Å². The van der Waals surface area contributed by atoms with Crippen molar-refractivity contribution in [2.75, 3.05) is 0 Å². The van der Waals surface area contributed by atoms with Gasteiger partial charge in [-0.15, -0.1) is 0 Å². The van der Waals surface area contributed by atoms with Crippen LogP contribution in [0.1, 0.15) is 6.42 Å². The Bertz CT molecular complexity index is 64.3. The topological polar surface area (TPSA) is 17.1 Å². The third-order valence-electron chi connectivity index (χ3n) is 0.432. The number of rotatable bonds is 2. The first-order chi connectivity index (χ1) is 2.81. The molecule has 0 atom stereocenters. The third-order valence-corrected chi connectivity index (χ3v) is 0.432. The highest BCUT2D eigenvalue weighted by Crippen LogP contribution is 1.75. The molecule has 6 heavy (non-hydrogen) atoms. The zero-order chi connectivity index (χ0) is 4.99. The molecule has 0 aromatic carbocycles. The maximum atomic E-state index is 9.94. The minimum absolute atomic E-state index is 0.116. The van der Waals surface area contributed by atoms with Crippen molar-refractivity contribution < 1.29 is 4.79 Å². The molecular weight excluding hydrogens is 76.1 g/mol. The normalized spacial score (nSPS) is 7.50. The Kier molecular flexibility index (Phi) is 2.38. The highest BCUT2D eigenvalue weighted by atomic mass is 16.1. The van der Waals surface area contributed by atoms with Crippen LogP contribution in [0.2, 0.25) is 0 Å². The molecule has 2 radical (unpaired) electrons. The van der Waals surface area contributed by atoms with Gasteiger partial charge in [0.15, 0.2) is 5.78 Å². The average molecular weight is 82.1 g/mol. The van der Waals surface area contributed by atoms with E-state index >= 15 is 0 Å². The Morgan fingerprint density at radius 2 is 2.50 bits per heavy atom. The predicted octanol–water partition coefficient (Wildman–Crippen LogP) is 0.769. The monoisotopic (exact) mass is 82.0 g/mol. The molecule has 1 nitrogen and oxygen atoms in total. The van der Waals surface area contributed by atoms with Crippen LogP contribution in [0.4, 0.5) is 0 Å². The van der Waals surface area contributed by atoms with E-state index in [1.165, 1.54) is 0 Å². The zero-order valence-corrected chi connectivity index (χ0v) is 3.48. The van der Waals surface area contributed by atoms with Gasteiger partial charge in [0.25, 0.3) is 0 Å². The average Bonchev–Trinajstić information content (AvgIpc) is 1.65. The lowest BCUT2D eigenvalue weighted by molar-refractivity contribution is -0.113. The molecule has 0 aliphatic carbocycles. The molecular formula is C5H6O. The zero-order valence-electron chi connectivity index (χ0n) is 3.48. The van der Waals surface area contributed by atoms with Crippen molar-refractivity contribution in [2.45, 2.75) is 6.42 Å². The second-order valence-electron chi connectivity index (χ2n) is 0.883. The van der Waals surface area contributed by atoms with E-state index in [-0.39, 0.29) is 12.2 Å². The van der Waals surface area contributed by atoms with Crippen LogP contribution in [-0.2, 0) is 4.79 Å². The Labute approximate surface area is 37.7 Å². The molecule has 0 aliphatic heterocycles. The summed E-state index contributed by atoms with van der Waals surface area (Å²) >= 11 is 0. The summed E-state index contributed by atoms with van der Waals surface area (Å²) in [5, 5.41) is 0. The number of hydrogen-bond acceptors (Lipinski definition) is 1. The molecule has 1 heteroatoms. The van der Waals surface area contributed by atoms with Gasteiger partial charge in [0, 0.05) is 6.42 Å². The standard InChI is InChI=1S/C5H6O/c1-3-5(6)4-2/h1,3H,2,4H2. The Morgan fingerprint density at radius 1 is 2.00 bits per heavy atom. The van der Waals surface area contributed by atoms with Gasteiger partial charge in [-0.3, -0.25) is 4.79 Å². The van der Waals surface area contributed by atoms with E-state index < -0.39 is 0 Å². The van der Waals surface area contributed by atoms with Crippen molar-refractivity contribution in [1.82, 2.24) is 0 Å². The van der Waals surface area contributed by atoms with E-state index in [0.717, 1.165) is 6.08 Å². The van der Waals surface area contributed by atoms with E-state index in [1.807, 2.05) is 0 Å². The SMILES string of the molecule is [CH]=CC(=O)C[CH2]. The van der Waals surface area contributed by atoms with Crippen LogP contribution in [0.15, 0.2) is 6.08 Å². The summed E-state index contributed by atoms with van der Waals surface area (Å²) in [6.07, 6.45) is 1.28. The highest BCUT2D eigenvalue weighted by Gasteiger charge is 1.82. The summed E-state index contributed by atoms with van der Waals surface area (Å²) in [6.45, 7) is 8.06. The quantitative estimate of drug-likeness (QED) is 0.450. The fourth-order valence-electron chi connectivity index (χ4n) is 0.0833. The molecule has 0 amide bonds. The van der Waals surface area contributed by atoms with Crippen LogP contribution >= 0.6 is 0 Å². The summed E-state index contributed by atoms with van der Waals surface area (Å²) in [6, 6.07) is 0. The predicted molar refractivity (Wildman–Crippen MR) is 23.9 cm³/mol. The van der Waals surface area contributed by atoms with Gasteiger partial charge < -0.3 is 0 Å². The van der Waals surface area contributed by atoms with E-state index in [0.29, 0.717) is 0 Å². The van der Waals surface area contributed by atoms with E-state index in [1.54, 1.807) is 0 Å². The lowest BCUT2D eigenvalue weighted by atomic mass is 10.3. The maximum Gasteiger partial charge on any atom is 0.155 e. The molecule has 0 saturated heterocycles. The fourth-order valence-corrected chi connectivity index (χ4v) is 0.0833. The minimum Gasteiger partial charge on any atom is -0.295 e. The number of ketones is 1. The minimum atomic E-state index is -0.116. The maximum absolute atomic E-state index is 9.94. The van der Waals surface area contributed by atoms with Crippen LogP contribution in [0, 0.1) is 13.5 Å². The highest BCUT2D eigenvalue weighted by molar-refractivity contribution is 5.88. The molecule has 0 rings (SSSR count). The second kappa shape index (κ2) is 2.64. The molecule has 0 fully saturated rings. The first-order valence-electron chi connectivity index (χ1n) is 1.68. The van der Waals surface area contributed by atoms with Gasteiger partial charge in [-0.1, -0.05) is 6.58 Å². The first-order valence-corrected chi connectivity index (χ1v) is 1.68. The number of allylic oxidation sites excluding steroid dienone is 1. The lowest BCUT2D eigenvalue weighted by Gasteiger charge is -1.74. The molecule has 32 valence electrons. The van der Waals surface area contributed by atoms with Gasteiger partial charge in [-0.05, 0) is 13.0 Å². The summed E-state index contributed by atoms with van der Waals surface area (Å²) in [5.41, 5.74) is 0. The van der Waals surface area contributed by atoms with E-state index in [2.05, 4.69) is 6.92 Å². The van der Waals surface area contributed by atoms with Gasteiger partial charge in [0.2, 0.25) is 0 Å². The van der Waals surface area contributed by atoms with Crippen LogP contribution in [0.5, 0.6) is 0 Å². The lowest BCUT2D eigenvalue weighted by Crippen LogP contribution is -1.84. The summed E-state index contributed by atoms with van der Waals surface area (Å²) in [5.74, 6) is -0.116. The smallest absolute Gasteiger partial charge is 0.155 e. The van der Waals surface area contributed by atoms with Gasteiger partial charge in [0.05, 0.1) is 0 Å². The van der Waals surface area contributed by atoms with E-state index in [4.69, 9.17) is 6.58 Å². The van der Waals surface area contributed by atoms with Crippen LogP contribution < -0.4 is 0 Å². The van der Waals surface area contributed by atoms with Crippen molar-refractivity contribution in [3.63, 3.8) is 0 Å². The van der Waals surface area contributed by atoms with Crippen molar-refractivity contribution in [3.05, 3.63) is 19.6 Å². The fraction of sp³-hybridized carbons (Fsp3) is 0.200. The second-order valence-corrected chi connectivity index (χ2v) is 0.883. The van der Waals surface area contributed by atoms with E-state index in [9.17, 15) is 4.79 Å². The molecule has 0 bridgehead atoms. The van der Waals surface area contributed by atoms with Crippen LogP contribution in [0.25, 0.3) is 0 Å². The summed E-state index contributed by atoms with van der Waals surface area (Å²) < 4.78 is 0. The summed E-state index contributed by atoms with van der Waals surface area (Å²) in [4.78, 5) is 9.94. The van der Waals surface area contributed by atoms with Crippen molar-refractivity contribution in [1.29, 1.82) is 0 Å². The number of carbonyl (C=O) groups is 1. The molecule has 0 aromatic rings. The molecule has 0 unspecified atom stereocenters. The molecule has 0 aromatic heterocycles. The molecule has 0 saturated carbocycles. The molecule has 0 aliphatic rings. The summed E-state index contributed by atoms with van der Waals surface area (Å²) in [7, 11) is 0. The Balaban J connectivity index is 3.23. The van der Waals surface area contributed by atoms with Crippen molar-refractivity contribution in [2.24, 2.45) is 0 Å². The first kappa shape index (κ1) is 5.41. The molecule has 0 N–H and O–H groups in total. The number of carbonyl (C=O) groups excluding carboxylic acids is 1. The van der Waals surface area contributed by atoms with Gasteiger partial charge in [-0.2, -0.15) is 0 Å². The van der Waals surface area contributed by atoms with Crippen LogP contribution in [0.3, 0.4) is 0 Å². The van der Waals surface area contributed by atoms with Crippen molar-refractivity contribution >= 4 is 5.78 Å². The third kappa shape index (κ3) is 1.70. The molecule has 0 heterocycles. The van der Waals surface area contributed by atoms with Crippen molar-refractivity contribution in [3.8, 4) is 0 Å². The number of hydrogen-bond donors (Lipinski definition) is 0. The van der Waals surface area contributed by atoms with Gasteiger partial charge >= 0.3 is 0 Å². The Morgan fingerprint density at radius 3 is 2.50 bits per heavy atom. The Hall–Kier alpha value is -0.590. The largest absolute Gasteiger partial charge is 0.295 e. The van der Waals surface area contributed by atoms with Gasteiger partial charge in [-0.25, -0.2) is 0 Å².